The van der Waals surface area contributed by atoms with Gasteiger partial charge in [0.05, 0.1) is 29.0 Å². The van der Waals surface area contributed by atoms with Gasteiger partial charge in [0.15, 0.2) is 0 Å². The average Bonchev–Trinajstić information content (AvgIpc) is 3.19. The maximum Gasteiger partial charge on any atom is 0.0967 e. The van der Waals surface area contributed by atoms with E-state index in [0.29, 0.717) is 5.92 Å². The van der Waals surface area contributed by atoms with Gasteiger partial charge in [-0.25, -0.2) is 4.68 Å². The van der Waals surface area contributed by atoms with Crippen LogP contribution in [0.25, 0.3) is 16.9 Å². The summed E-state index contributed by atoms with van der Waals surface area (Å²) in [6.45, 7) is 9.25. The maximum absolute atomic E-state index is 4.72. The SMILES string of the molecule is Cc1c(-c2cc3c(nn2)C2(C)CCC3C2(C)C)cnn1-c1ccccc1. The molecule has 2 unspecified atom stereocenters. The number of hydrogen-bond donors (Lipinski definition) is 0. The van der Waals surface area contributed by atoms with Gasteiger partial charge < -0.3 is 0 Å². The van der Waals surface area contributed by atoms with E-state index in [2.05, 4.69) is 56.1 Å². The van der Waals surface area contributed by atoms with Crippen molar-refractivity contribution in [2.75, 3.05) is 0 Å². The van der Waals surface area contributed by atoms with Crippen LogP contribution in [0.4, 0.5) is 0 Å². The molecular formula is C22H24N4. The van der Waals surface area contributed by atoms with Crippen LogP contribution in [-0.4, -0.2) is 20.0 Å². The lowest BCUT2D eigenvalue weighted by molar-refractivity contribution is 0.226. The molecular weight excluding hydrogens is 320 g/mol. The first-order valence-electron chi connectivity index (χ1n) is 9.42. The molecule has 4 heteroatoms. The Kier molecular flexibility index (Phi) is 3.04. The summed E-state index contributed by atoms with van der Waals surface area (Å²) in [5, 5.41) is 13.9. The molecule has 0 aliphatic heterocycles. The molecule has 3 aromatic rings. The quantitative estimate of drug-likeness (QED) is 0.670. The number of fused-ring (bicyclic) bond motifs is 5. The van der Waals surface area contributed by atoms with Crippen LogP contribution in [0.2, 0.25) is 0 Å². The van der Waals surface area contributed by atoms with Crippen LogP contribution >= 0.6 is 0 Å². The first-order valence-corrected chi connectivity index (χ1v) is 9.42. The highest BCUT2D eigenvalue weighted by Crippen LogP contribution is 2.67. The Morgan fingerprint density at radius 3 is 2.62 bits per heavy atom. The van der Waals surface area contributed by atoms with Crippen LogP contribution in [0.3, 0.4) is 0 Å². The Hall–Kier alpha value is -2.49. The molecule has 0 spiro atoms. The summed E-state index contributed by atoms with van der Waals surface area (Å²) >= 11 is 0. The number of hydrogen-bond acceptors (Lipinski definition) is 3. The number of aromatic nitrogens is 4. The van der Waals surface area contributed by atoms with Gasteiger partial charge in [-0.3, -0.25) is 0 Å². The van der Waals surface area contributed by atoms with Crippen LogP contribution in [0.5, 0.6) is 0 Å². The zero-order chi connectivity index (χ0) is 18.1. The Morgan fingerprint density at radius 1 is 1.08 bits per heavy atom. The lowest BCUT2D eigenvalue weighted by atomic mass is 9.70. The molecule has 0 amide bonds. The van der Waals surface area contributed by atoms with E-state index in [4.69, 9.17) is 5.10 Å². The van der Waals surface area contributed by atoms with Crippen LogP contribution in [-0.2, 0) is 5.41 Å². The lowest BCUT2D eigenvalue weighted by Gasteiger charge is -2.33. The standard InChI is InChI=1S/C22H24N4/c1-14-17(13-23-26(14)15-8-6-5-7-9-15)19-12-16-18-10-11-22(4,21(18,2)3)20(16)25-24-19/h5-9,12-13,18H,10-11H2,1-4H3. The predicted octanol–water partition coefficient (Wildman–Crippen LogP) is 4.81. The van der Waals surface area contributed by atoms with Crippen LogP contribution in [0, 0.1) is 12.3 Å². The summed E-state index contributed by atoms with van der Waals surface area (Å²) in [7, 11) is 0. The number of benzene rings is 1. The molecule has 4 nitrogen and oxygen atoms in total. The molecule has 2 atom stereocenters. The lowest BCUT2D eigenvalue weighted by Crippen LogP contribution is -2.32. The molecule has 1 saturated carbocycles. The molecule has 2 bridgehead atoms. The second-order valence-electron chi connectivity index (χ2n) is 8.57. The number of rotatable bonds is 2. The van der Waals surface area contributed by atoms with Crippen LogP contribution in [0.15, 0.2) is 42.6 Å². The van der Waals surface area contributed by atoms with Crippen molar-refractivity contribution in [2.45, 2.75) is 51.9 Å². The molecule has 1 fully saturated rings. The fraction of sp³-hybridized carbons (Fsp3) is 0.409. The van der Waals surface area contributed by atoms with Crippen molar-refractivity contribution in [3.63, 3.8) is 0 Å². The minimum atomic E-state index is 0.155. The third kappa shape index (κ3) is 1.82. The monoisotopic (exact) mass is 344 g/mol. The Labute approximate surface area is 154 Å². The van der Waals surface area contributed by atoms with E-state index in [1.165, 1.54) is 24.1 Å². The van der Waals surface area contributed by atoms with Crippen molar-refractivity contribution in [1.29, 1.82) is 0 Å². The second-order valence-corrected chi connectivity index (χ2v) is 8.57. The molecule has 132 valence electrons. The minimum Gasteiger partial charge on any atom is -0.237 e. The Balaban J connectivity index is 1.61. The highest BCUT2D eigenvalue weighted by molar-refractivity contribution is 5.64. The molecule has 5 rings (SSSR count). The van der Waals surface area contributed by atoms with Crippen molar-refractivity contribution >= 4 is 0 Å². The summed E-state index contributed by atoms with van der Waals surface area (Å²) < 4.78 is 1.97. The van der Waals surface area contributed by atoms with Crippen molar-refractivity contribution in [3.05, 3.63) is 59.5 Å². The zero-order valence-corrected chi connectivity index (χ0v) is 15.8. The molecule has 1 aromatic carbocycles. The largest absolute Gasteiger partial charge is 0.237 e. The Morgan fingerprint density at radius 2 is 1.85 bits per heavy atom. The van der Waals surface area contributed by atoms with E-state index in [0.717, 1.165) is 22.6 Å². The molecule has 26 heavy (non-hydrogen) atoms. The smallest absolute Gasteiger partial charge is 0.0967 e. The van der Waals surface area contributed by atoms with Crippen LogP contribution in [0.1, 0.15) is 56.5 Å². The topological polar surface area (TPSA) is 43.6 Å². The van der Waals surface area contributed by atoms with Gasteiger partial charge >= 0.3 is 0 Å². The molecule has 2 heterocycles. The van der Waals surface area contributed by atoms with Gasteiger partial charge in [0, 0.05) is 11.0 Å². The fourth-order valence-electron chi connectivity index (χ4n) is 5.19. The summed E-state index contributed by atoms with van der Waals surface area (Å²) in [6, 6.07) is 12.5. The minimum absolute atomic E-state index is 0.155. The van der Waals surface area contributed by atoms with E-state index in [1.54, 1.807) is 0 Å². The summed E-state index contributed by atoms with van der Waals surface area (Å²) in [6.07, 6.45) is 4.39. The van der Waals surface area contributed by atoms with Gasteiger partial charge in [0.1, 0.15) is 0 Å². The third-order valence-corrected chi connectivity index (χ3v) is 7.23. The summed E-state index contributed by atoms with van der Waals surface area (Å²) in [4.78, 5) is 0. The normalized spacial score (nSPS) is 25.5. The Bertz CT molecular complexity index is 1000. The van der Waals surface area contributed by atoms with Crippen molar-refractivity contribution in [2.24, 2.45) is 5.41 Å². The third-order valence-electron chi connectivity index (χ3n) is 7.23. The predicted molar refractivity (Wildman–Crippen MR) is 102 cm³/mol. The first-order chi connectivity index (χ1) is 12.4. The average molecular weight is 344 g/mol. The molecule has 2 aliphatic rings. The zero-order valence-electron chi connectivity index (χ0n) is 15.8. The highest BCUT2D eigenvalue weighted by Gasteiger charge is 2.60. The van der Waals surface area contributed by atoms with Crippen LogP contribution < -0.4 is 0 Å². The van der Waals surface area contributed by atoms with Gasteiger partial charge in [-0.1, -0.05) is 39.0 Å². The van der Waals surface area contributed by atoms with Gasteiger partial charge in [0.25, 0.3) is 0 Å². The van der Waals surface area contributed by atoms with E-state index < -0.39 is 0 Å². The highest BCUT2D eigenvalue weighted by atomic mass is 15.3. The van der Waals surface area contributed by atoms with Gasteiger partial charge in [-0.2, -0.15) is 15.3 Å². The summed E-state index contributed by atoms with van der Waals surface area (Å²) in [5.41, 5.74) is 7.20. The van der Waals surface area contributed by atoms with Crippen molar-refractivity contribution < 1.29 is 0 Å². The maximum atomic E-state index is 4.72. The summed E-state index contributed by atoms with van der Waals surface area (Å²) in [5.74, 6) is 0.584. The first kappa shape index (κ1) is 15.7. The number of para-hydroxylation sites is 1. The van der Waals surface area contributed by atoms with Gasteiger partial charge in [-0.15, -0.1) is 0 Å². The van der Waals surface area contributed by atoms with E-state index in [1.807, 2.05) is 29.1 Å². The fourth-order valence-corrected chi connectivity index (χ4v) is 5.19. The molecule has 2 aromatic heterocycles. The molecule has 0 saturated heterocycles. The van der Waals surface area contributed by atoms with Gasteiger partial charge in [0.2, 0.25) is 0 Å². The second kappa shape index (κ2) is 5.03. The molecule has 0 N–H and O–H groups in total. The van der Waals surface area contributed by atoms with E-state index in [-0.39, 0.29) is 10.8 Å². The van der Waals surface area contributed by atoms with Gasteiger partial charge in [-0.05, 0) is 54.9 Å². The van der Waals surface area contributed by atoms with Crippen molar-refractivity contribution in [3.8, 4) is 16.9 Å². The molecule has 2 aliphatic carbocycles. The van der Waals surface area contributed by atoms with E-state index >= 15 is 0 Å². The van der Waals surface area contributed by atoms with E-state index in [9.17, 15) is 0 Å². The molecule has 0 radical (unpaired) electrons. The number of nitrogens with zero attached hydrogens (tertiary/aromatic N) is 4. The van der Waals surface area contributed by atoms with Crippen molar-refractivity contribution in [1.82, 2.24) is 20.0 Å².